The maximum atomic E-state index is 11.5. The normalized spacial score (nSPS) is 16.1. The highest BCUT2D eigenvalue weighted by Gasteiger charge is 2.30. The first kappa shape index (κ1) is 18.1. The topological polar surface area (TPSA) is 68.2 Å². The summed E-state index contributed by atoms with van der Waals surface area (Å²) in [5.74, 6) is 1.55. The van der Waals surface area contributed by atoms with E-state index in [-0.39, 0.29) is 6.04 Å². The van der Waals surface area contributed by atoms with Crippen LogP contribution in [0.15, 0.2) is 42.5 Å². The number of amides is 1. The smallest absolute Gasteiger partial charge is 0.407 e. The second kappa shape index (κ2) is 8.10. The van der Waals surface area contributed by atoms with Crippen LogP contribution >= 0.6 is 0 Å². The minimum Gasteiger partial charge on any atom is -0.496 e. The maximum Gasteiger partial charge on any atom is 0.407 e. The van der Waals surface area contributed by atoms with Crippen LogP contribution in [0.2, 0.25) is 0 Å². The standard InChI is InChI=1S/C20H23NO5/c1-24-13-18-17-8-7-16(11-14(17)9-10-21(18)20(22)23)26-12-15-5-3-4-6-19(15)25-2/h3-8,11,18H,9-10,12-13H2,1-2H3,(H,22,23)/t18-/m0/s1. The van der Waals surface area contributed by atoms with Gasteiger partial charge in [-0.3, -0.25) is 4.90 Å². The van der Waals surface area contributed by atoms with Crippen molar-refractivity contribution < 1.29 is 24.1 Å². The average molecular weight is 357 g/mol. The lowest BCUT2D eigenvalue weighted by atomic mass is 9.93. The van der Waals surface area contributed by atoms with Crippen LogP contribution in [-0.2, 0) is 17.8 Å². The Hall–Kier alpha value is -2.73. The Morgan fingerprint density at radius 1 is 1.23 bits per heavy atom. The summed E-state index contributed by atoms with van der Waals surface area (Å²) >= 11 is 0. The van der Waals surface area contributed by atoms with Crippen molar-refractivity contribution in [3.63, 3.8) is 0 Å². The molecular formula is C20H23NO5. The van der Waals surface area contributed by atoms with Crippen LogP contribution in [0.25, 0.3) is 0 Å². The molecule has 1 aliphatic heterocycles. The van der Waals surface area contributed by atoms with Gasteiger partial charge in [0.15, 0.2) is 0 Å². The van der Waals surface area contributed by atoms with Gasteiger partial charge in [0.2, 0.25) is 0 Å². The van der Waals surface area contributed by atoms with Gasteiger partial charge in [-0.05, 0) is 35.7 Å². The molecule has 0 unspecified atom stereocenters. The molecule has 6 nitrogen and oxygen atoms in total. The highest BCUT2D eigenvalue weighted by atomic mass is 16.5. The zero-order chi connectivity index (χ0) is 18.5. The monoisotopic (exact) mass is 357 g/mol. The summed E-state index contributed by atoms with van der Waals surface area (Å²) in [7, 11) is 3.22. The molecule has 1 atom stereocenters. The molecule has 2 aromatic carbocycles. The van der Waals surface area contributed by atoms with Crippen LogP contribution in [0.5, 0.6) is 11.5 Å². The van der Waals surface area contributed by atoms with E-state index in [1.807, 2.05) is 42.5 Å². The van der Waals surface area contributed by atoms with E-state index >= 15 is 0 Å². The highest BCUT2D eigenvalue weighted by molar-refractivity contribution is 5.66. The van der Waals surface area contributed by atoms with E-state index in [2.05, 4.69) is 0 Å². The third-order valence-electron chi connectivity index (χ3n) is 4.63. The van der Waals surface area contributed by atoms with Gasteiger partial charge in [-0.2, -0.15) is 0 Å². The first-order chi connectivity index (χ1) is 12.6. The van der Waals surface area contributed by atoms with E-state index in [4.69, 9.17) is 14.2 Å². The third kappa shape index (κ3) is 3.75. The molecule has 3 rings (SSSR count). The van der Waals surface area contributed by atoms with Crippen molar-refractivity contribution in [2.24, 2.45) is 0 Å². The molecule has 0 spiro atoms. The van der Waals surface area contributed by atoms with E-state index in [0.29, 0.717) is 26.2 Å². The molecule has 0 radical (unpaired) electrons. The number of fused-ring (bicyclic) bond motifs is 1. The Kier molecular flexibility index (Phi) is 5.63. The summed E-state index contributed by atoms with van der Waals surface area (Å²) in [6, 6.07) is 13.3. The molecule has 1 N–H and O–H groups in total. The Morgan fingerprint density at radius 3 is 2.77 bits per heavy atom. The molecule has 0 fully saturated rings. The minimum atomic E-state index is -0.922. The lowest BCUT2D eigenvalue weighted by Crippen LogP contribution is -2.41. The molecule has 1 aliphatic rings. The fraction of sp³-hybridized carbons (Fsp3) is 0.350. The van der Waals surface area contributed by atoms with Gasteiger partial charge in [0.1, 0.15) is 18.1 Å². The van der Waals surface area contributed by atoms with Gasteiger partial charge in [0.25, 0.3) is 0 Å². The molecule has 6 heteroatoms. The number of methoxy groups -OCH3 is 2. The first-order valence-corrected chi connectivity index (χ1v) is 8.50. The molecule has 1 amide bonds. The number of benzene rings is 2. The van der Waals surface area contributed by atoms with Crippen molar-refractivity contribution in [2.45, 2.75) is 19.1 Å². The summed E-state index contributed by atoms with van der Waals surface area (Å²) in [6.45, 7) is 1.19. The van der Waals surface area contributed by atoms with Gasteiger partial charge in [-0.15, -0.1) is 0 Å². The highest BCUT2D eigenvalue weighted by Crippen LogP contribution is 2.33. The average Bonchev–Trinajstić information content (AvgIpc) is 2.66. The maximum absolute atomic E-state index is 11.5. The molecule has 0 saturated heterocycles. The lowest BCUT2D eigenvalue weighted by molar-refractivity contribution is 0.0744. The largest absolute Gasteiger partial charge is 0.496 e. The van der Waals surface area contributed by atoms with E-state index in [1.54, 1.807) is 14.2 Å². The van der Waals surface area contributed by atoms with Gasteiger partial charge in [0.05, 0.1) is 19.8 Å². The predicted molar refractivity (Wildman–Crippen MR) is 96.8 cm³/mol. The SMILES string of the molecule is COC[C@H]1c2ccc(OCc3ccccc3OC)cc2CCN1C(=O)O. The number of carbonyl (C=O) groups is 1. The number of hydrogen-bond donors (Lipinski definition) is 1. The van der Waals surface area contributed by atoms with Crippen LogP contribution in [0.1, 0.15) is 22.7 Å². The number of carboxylic acid groups (broad SMARTS) is 1. The molecule has 0 saturated carbocycles. The number of nitrogens with zero attached hydrogens (tertiary/aromatic N) is 1. The van der Waals surface area contributed by atoms with Crippen LogP contribution in [0, 0.1) is 0 Å². The van der Waals surface area contributed by atoms with Gasteiger partial charge in [-0.1, -0.05) is 24.3 Å². The summed E-state index contributed by atoms with van der Waals surface area (Å²) in [5, 5.41) is 9.41. The Morgan fingerprint density at radius 2 is 2.04 bits per heavy atom. The molecule has 0 aromatic heterocycles. The third-order valence-corrected chi connectivity index (χ3v) is 4.63. The molecule has 0 aliphatic carbocycles. The van der Waals surface area contributed by atoms with Gasteiger partial charge in [0, 0.05) is 19.2 Å². The molecule has 1 heterocycles. The Labute approximate surface area is 152 Å². The van der Waals surface area contributed by atoms with E-state index < -0.39 is 6.09 Å². The fourth-order valence-electron chi connectivity index (χ4n) is 3.33. The van der Waals surface area contributed by atoms with Crippen LogP contribution in [0.3, 0.4) is 0 Å². The lowest BCUT2D eigenvalue weighted by Gasteiger charge is -2.35. The van der Waals surface area contributed by atoms with Crippen molar-refractivity contribution >= 4 is 6.09 Å². The Bertz CT molecular complexity index is 777. The first-order valence-electron chi connectivity index (χ1n) is 8.50. The molecular weight excluding hydrogens is 334 g/mol. The minimum absolute atomic E-state index is 0.287. The molecule has 0 bridgehead atoms. The van der Waals surface area contributed by atoms with Crippen molar-refractivity contribution in [3.05, 3.63) is 59.2 Å². The number of rotatable bonds is 6. The summed E-state index contributed by atoms with van der Waals surface area (Å²) < 4.78 is 16.5. The van der Waals surface area contributed by atoms with Crippen LogP contribution in [0.4, 0.5) is 4.79 Å². The van der Waals surface area contributed by atoms with Crippen LogP contribution in [-0.4, -0.2) is 43.5 Å². The molecule has 2 aromatic rings. The zero-order valence-corrected chi connectivity index (χ0v) is 15.0. The quantitative estimate of drug-likeness (QED) is 0.857. The Balaban J connectivity index is 1.77. The van der Waals surface area contributed by atoms with E-state index in [0.717, 1.165) is 28.2 Å². The van der Waals surface area contributed by atoms with Crippen LogP contribution < -0.4 is 9.47 Å². The van der Waals surface area contributed by atoms with Gasteiger partial charge in [-0.25, -0.2) is 4.79 Å². The summed E-state index contributed by atoms with van der Waals surface area (Å²) in [6.07, 6.45) is -0.262. The van der Waals surface area contributed by atoms with Crippen molar-refractivity contribution in [1.82, 2.24) is 4.90 Å². The second-order valence-corrected chi connectivity index (χ2v) is 6.16. The number of ether oxygens (including phenoxy) is 3. The van der Waals surface area contributed by atoms with Gasteiger partial charge < -0.3 is 19.3 Å². The fourth-order valence-corrected chi connectivity index (χ4v) is 3.33. The van der Waals surface area contributed by atoms with E-state index in [1.165, 1.54) is 4.90 Å². The van der Waals surface area contributed by atoms with Crippen molar-refractivity contribution in [1.29, 1.82) is 0 Å². The van der Waals surface area contributed by atoms with E-state index in [9.17, 15) is 9.90 Å². The second-order valence-electron chi connectivity index (χ2n) is 6.16. The van der Waals surface area contributed by atoms with Crippen molar-refractivity contribution in [3.8, 4) is 11.5 Å². The van der Waals surface area contributed by atoms with Gasteiger partial charge >= 0.3 is 6.09 Å². The number of para-hydroxylation sites is 1. The molecule has 26 heavy (non-hydrogen) atoms. The summed E-state index contributed by atoms with van der Waals surface area (Å²) in [5.41, 5.74) is 3.05. The molecule has 138 valence electrons. The number of hydrogen-bond acceptors (Lipinski definition) is 4. The predicted octanol–water partition coefficient (Wildman–Crippen LogP) is 3.50. The summed E-state index contributed by atoms with van der Waals surface area (Å²) in [4.78, 5) is 12.9. The zero-order valence-electron chi connectivity index (χ0n) is 15.0. The van der Waals surface area contributed by atoms with Crippen molar-refractivity contribution in [2.75, 3.05) is 27.4 Å².